The Balaban J connectivity index is 2.54. The molecular weight excluding hydrogens is 302 g/mol. The third-order valence-electron chi connectivity index (χ3n) is 2.50. The van der Waals surface area contributed by atoms with Crippen molar-refractivity contribution in [2.24, 2.45) is 10.9 Å². The standard InChI is InChI=1S/C11H18BrN3OS/c1-8(2)15(6-5-11(13)14-16)7-9-3-4-10(12)17-9/h3-4,8,16H,5-7H2,1-2H3,(H2,13,14). The average molecular weight is 320 g/mol. The predicted molar refractivity (Wildman–Crippen MR) is 75.6 cm³/mol. The minimum atomic E-state index is 0.281. The number of amidine groups is 1. The van der Waals surface area contributed by atoms with Crippen LogP contribution in [0.25, 0.3) is 0 Å². The Kier molecular flexibility index (Phi) is 5.94. The molecule has 3 N–H and O–H groups in total. The number of thiophene rings is 1. The van der Waals surface area contributed by atoms with Gasteiger partial charge in [-0.3, -0.25) is 4.90 Å². The summed E-state index contributed by atoms with van der Waals surface area (Å²) in [5.74, 6) is 0.281. The van der Waals surface area contributed by atoms with Gasteiger partial charge in [0.2, 0.25) is 0 Å². The summed E-state index contributed by atoms with van der Waals surface area (Å²) in [6.45, 7) is 5.99. The molecule has 0 aliphatic rings. The summed E-state index contributed by atoms with van der Waals surface area (Å²) >= 11 is 5.20. The van der Waals surface area contributed by atoms with Crippen molar-refractivity contribution in [1.29, 1.82) is 0 Å². The van der Waals surface area contributed by atoms with Gasteiger partial charge in [0.25, 0.3) is 0 Å². The second-order valence-electron chi connectivity index (χ2n) is 4.11. The van der Waals surface area contributed by atoms with Crippen molar-refractivity contribution in [3.05, 3.63) is 20.8 Å². The number of hydrogen-bond donors (Lipinski definition) is 2. The van der Waals surface area contributed by atoms with Gasteiger partial charge in [0.1, 0.15) is 5.84 Å². The van der Waals surface area contributed by atoms with Crippen LogP contribution >= 0.6 is 27.3 Å². The zero-order chi connectivity index (χ0) is 12.8. The van der Waals surface area contributed by atoms with Crippen LogP contribution in [0, 0.1) is 0 Å². The fraction of sp³-hybridized carbons (Fsp3) is 0.545. The molecule has 4 nitrogen and oxygen atoms in total. The van der Waals surface area contributed by atoms with Crippen LogP contribution in [0.3, 0.4) is 0 Å². The van der Waals surface area contributed by atoms with E-state index >= 15 is 0 Å². The predicted octanol–water partition coefficient (Wildman–Crippen LogP) is 2.86. The SMILES string of the molecule is CC(C)N(CCC(N)=NO)Cc1ccc(Br)s1. The molecule has 17 heavy (non-hydrogen) atoms. The Morgan fingerprint density at radius 1 is 1.59 bits per heavy atom. The molecule has 0 spiro atoms. The van der Waals surface area contributed by atoms with Crippen molar-refractivity contribution in [1.82, 2.24) is 4.90 Å². The quantitative estimate of drug-likeness (QED) is 0.367. The van der Waals surface area contributed by atoms with E-state index in [1.165, 1.54) is 4.88 Å². The topological polar surface area (TPSA) is 61.8 Å². The molecule has 0 saturated heterocycles. The molecule has 0 atom stereocenters. The first-order valence-electron chi connectivity index (χ1n) is 5.47. The van der Waals surface area contributed by atoms with E-state index in [0.29, 0.717) is 12.5 Å². The van der Waals surface area contributed by atoms with Gasteiger partial charge in [-0.2, -0.15) is 0 Å². The highest BCUT2D eigenvalue weighted by Gasteiger charge is 2.12. The minimum Gasteiger partial charge on any atom is -0.409 e. The van der Waals surface area contributed by atoms with Gasteiger partial charge < -0.3 is 10.9 Å². The molecule has 1 heterocycles. The van der Waals surface area contributed by atoms with E-state index in [1.807, 2.05) is 0 Å². The van der Waals surface area contributed by atoms with Crippen molar-refractivity contribution in [2.45, 2.75) is 32.9 Å². The van der Waals surface area contributed by atoms with Gasteiger partial charge in [0.05, 0.1) is 3.79 Å². The summed E-state index contributed by atoms with van der Waals surface area (Å²) in [6, 6.07) is 4.61. The highest BCUT2D eigenvalue weighted by molar-refractivity contribution is 9.11. The molecule has 0 amide bonds. The van der Waals surface area contributed by atoms with E-state index in [4.69, 9.17) is 10.9 Å². The average Bonchev–Trinajstić information content (AvgIpc) is 2.69. The van der Waals surface area contributed by atoms with E-state index in [9.17, 15) is 0 Å². The van der Waals surface area contributed by atoms with E-state index in [2.05, 4.69) is 52.0 Å². The maximum absolute atomic E-state index is 8.52. The lowest BCUT2D eigenvalue weighted by atomic mass is 10.2. The van der Waals surface area contributed by atoms with Crippen LogP contribution in [0.2, 0.25) is 0 Å². The summed E-state index contributed by atoms with van der Waals surface area (Å²) in [4.78, 5) is 3.61. The molecule has 1 rings (SSSR count). The summed E-state index contributed by atoms with van der Waals surface area (Å²) < 4.78 is 1.15. The van der Waals surface area contributed by atoms with Gasteiger partial charge in [0, 0.05) is 30.4 Å². The minimum absolute atomic E-state index is 0.281. The number of oxime groups is 1. The molecule has 0 aromatic carbocycles. The molecule has 0 radical (unpaired) electrons. The molecule has 0 aliphatic carbocycles. The lowest BCUT2D eigenvalue weighted by Crippen LogP contribution is -2.33. The van der Waals surface area contributed by atoms with Crippen LogP contribution in [0.15, 0.2) is 21.1 Å². The largest absolute Gasteiger partial charge is 0.409 e. The Labute approximate surface area is 114 Å². The smallest absolute Gasteiger partial charge is 0.140 e. The molecule has 0 unspecified atom stereocenters. The fourth-order valence-corrected chi connectivity index (χ4v) is 2.97. The van der Waals surface area contributed by atoms with Crippen molar-refractivity contribution >= 4 is 33.1 Å². The Hall–Kier alpha value is -0.590. The maximum atomic E-state index is 8.52. The van der Waals surface area contributed by atoms with Crippen molar-refractivity contribution in [3.8, 4) is 0 Å². The molecule has 1 aromatic heterocycles. The monoisotopic (exact) mass is 319 g/mol. The fourth-order valence-electron chi connectivity index (χ4n) is 1.46. The first-order chi connectivity index (χ1) is 8.02. The highest BCUT2D eigenvalue weighted by Crippen LogP contribution is 2.23. The molecule has 6 heteroatoms. The van der Waals surface area contributed by atoms with E-state index in [0.717, 1.165) is 16.9 Å². The first kappa shape index (κ1) is 14.5. The first-order valence-corrected chi connectivity index (χ1v) is 7.08. The Morgan fingerprint density at radius 2 is 2.29 bits per heavy atom. The van der Waals surface area contributed by atoms with Gasteiger partial charge >= 0.3 is 0 Å². The van der Waals surface area contributed by atoms with Crippen molar-refractivity contribution in [3.63, 3.8) is 0 Å². The van der Waals surface area contributed by atoms with Crippen LogP contribution in [0.4, 0.5) is 0 Å². The molecule has 0 fully saturated rings. The molecule has 0 bridgehead atoms. The maximum Gasteiger partial charge on any atom is 0.140 e. The van der Waals surface area contributed by atoms with Gasteiger partial charge in [-0.15, -0.1) is 11.3 Å². The third kappa shape index (κ3) is 5.06. The number of hydrogen-bond acceptors (Lipinski definition) is 4. The van der Waals surface area contributed by atoms with E-state index in [-0.39, 0.29) is 5.84 Å². The van der Waals surface area contributed by atoms with Crippen molar-refractivity contribution < 1.29 is 5.21 Å². The molecule has 0 aliphatic heterocycles. The van der Waals surface area contributed by atoms with Gasteiger partial charge in [-0.1, -0.05) is 5.16 Å². The summed E-state index contributed by atoms with van der Waals surface area (Å²) in [5.41, 5.74) is 5.49. The molecular formula is C11H18BrN3OS. The van der Waals surface area contributed by atoms with Crippen LogP contribution in [0.5, 0.6) is 0 Å². The number of halogens is 1. The van der Waals surface area contributed by atoms with Gasteiger partial charge in [0.15, 0.2) is 0 Å². The number of nitrogens with zero attached hydrogens (tertiary/aromatic N) is 2. The zero-order valence-electron chi connectivity index (χ0n) is 10.1. The van der Waals surface area contributed by atoms with Crippen LogP contribution in [0.1, 0.15) is 25.1 Å². The third-order valence-corrected chi connectivity index (χ3v) is 4.11. The number of nitrogens with two attached hydrogens (primary N) is 1. The van der Waals surface area contributed by atoms with Crippen LogP contribution < -0.4 is 5.73 Å². The highest BCUT2D eigenvalue weighted by atomic mass is 79.9. The molecule has 0 saturated carbocycles. The Bertz CT molecular complexity index is 379. The molecule has 1 aromatic rings. The lowest BCUT2D eigenvalue weighted by Gasteiger charge is -2.25. The van der Waals surface area contributed by atoms with Crippen LogP contribution in [-0.4, -0.2) is 28.5 Å². The van der Waals surface area contributed by atoms with Gasteiger partial charge in [-0.25, -0.2) is 0 Å². The van der Waals surface area contributed by atoms with E-state index in [1.54, 1.807) is 11.3 Å². The van der Waals surface area contributed by atoms with Crippen molar-refractivity contribution in [2.75, 3.05) is 6.54 Å². The zero-order valence-corrected chi connectivity index (χ0v) is 12.5. The van der Waals surface area contributed by atoms with E-state index < -0.39 is 0 Å². The van der Waals surface area contributed by atoms with Gasteiger partial charge in [-0.05, 0) is 41.9 Å². The number of rotatable bonds is 6. The lowest BCUT2D eigenvalue weighted by molar-refractivity contribution is 0.219. The molecule has 96 valence electrons. The summed E-state index contributed by atoms with van der Waals surface area (Å²) in [6.07, 6.45) is 0.585. The second-order valence-corrected chi connectivity index (χ2v) is 6.66. The van der Waals surface area contributed by atoms with Crippen LogP contribution in [-0.2, 0) is 6.54 Å². The second kappa shape index (κ2) is 6.98. The normalized spacial score (nSPS) is 12.6. The summed E-state index contributed by atoms with van der Waals surface area (Å²) in [7, 11) is 0. The summed E-state index contributed by atoms with van der Waals surface area (Å²) in [5, 5.41) is 11.5. The Morgan fingerprint density at radius 3 is 2.76 bits per heavy atom.